The summed E-state index contributed by atoms with van der Waals surface area (Å²) in [6, 6.07) is 24.3. The molecule has 0 spiro atoms. The van der Waals surface area contributed by atoms with Crippen LogP contribution in [-0.4, -0.2) is 5.97 Å². The van der Waals surface area contributed by atoms with Crippen LogP contribution >= 0.6 is 0 Å². The van der Waals surface area contributed by atoms with Crippen LogP contribution in [0.1, 0.15) is 34.0 Å². The summed E-state index contributed by atoms with van der Waals surface area (Å²) in [7, 11) is 0. The van der Waals surface area contributed by atoms with Crippen molar-refractivity contribution in [2.24, 2.45) is 0 Å². The van der Waals surface area contributed by atoms with E-state index in [9.17, 15) is 4.79 Å². The second kappa shape index (κ2) is 5.34. The van der Waals surface area contributed by atoms with Crippen LogP contribution in [0.4, 0.5) is 0 Å². The molecule has 0 N–H and O–H groups in total. The Morgan fingerprint density at radius 3 is 2.04 bits per heavy atom. The molecule has 1 atom stereocenters. The van der Waals surface area contributed by atoms with Gasteiger partial charge in [-0.1, -0.05) is 72.3 Å². The SMILES string of the molecule is Cc1ccc(-c2ccc(C3(C)OC(=O)c4ccccc43)cc2)cc1. The maximum atomic E-state index is 12.2. The van der Waals surface area contributed by atoms with Gasteiger partial charge in [0.15, 0.2) is 5.60 Å². The normalized spacial score (nSPS) is 19.0. The lowest BCUT2D eigenvalue weighted by Gasteiger charge is -2.25. The quantitative estimate of drug-likeness (QED) is 0.615. The van der Waals surface area contributed by atoms with Gasteiger partial charge in [-0.25, -0.2) is 4.79 Å². The van der Waals surface area contributed by atoms with Crippen LogP contribution in [0.5, 0.6) is 0 Å². The number of benzene rings is 3. The number of hydrogen-bond acceptors (Lipinski definition) is 2. The number of cyclic esters (lactones) is 1. The van der Waals surface area contributed by atoms with Crippen LogP contribution in [-0.2, 0) is 10.3 Å². The Labute approximate surface area is 141 Å². The van der Waals surface area contributed by atoms with E-state index in [0.29, 0.717) is 5.56 Å². The van der Waals surface area contributed by atoms with Gasteiger partial charge in [0.25, 0.3) is 0 Å². The Morgan fingerprint density at radius 2 is 1.38 bits per heavy atom. The van der Waals surface area contributed by atoms with E-state index in [2.05, 4.69) is 43.3 Å². The van der Waals surface area contributed by atoms with Gasteiger partial charge < -0.3 is 4.74 Å². The van der Waals surface area contributed by atoms with Gasteiger partial charge in [0.1, 0.15) is 0 Å². The van der Waals surface area contributed by atoms with Crippen molar-refractivity contribution in [2.75, 3.05) is 0 Å². The minimum absolute atomic E-state index is 0.254. The summed E-state index contributed by atoms with van der Waals surface area (Å²) in [6.07, 6.45) is 0. The van der Waals surface area contributed by atoms with Gasteiger partial charge in [0.2, 0.25) is 0 Å². The molecule has 3 aromatic rings. The maximum absolute atomic E-state index is 12.2. The van der Waals surface area contributed by atoms with E-state index in [-0.39, 0.29) is 5.97 Å². The maximum Gasteiger partial charge on any atom is 0.339 e. The van der Waals surface area contributed by atoms with Crippen molar-refractivity contribution in [3.63, 3.8) is 0 Å². The number of fused-ring (bicyclic) bond motifs is 1. The molecule has 0 aromatic heterocycles. The Balaban J connectivity index is 1.73. The van der Waals surface area contributed by atoms with Gasteiger partial charge in [-0.05, 0) is 36.6 Å². The van der Waals surface area contributed by atoms with Crippen LogP contribution < -0.4 is 0 Å². The number of rotatable bonds is 2. The number of carbonyl (C=O) groups excluding carboxylic acids is 1. The number of aryl methyl sites for hydroxylation is 1. The summed E-state index contributed by atoms with van der Waals surface area (Å²) < 4.78 is 5.73. The molecule has 0 amide bonds. The molecular formula is C22H18O2. The minimum atomic E-state index is -0.723. The molecule has 1 unspecified atom stereocenters. The number of hydrogen-bond donors (Lipinski definition) is 0. The predicted octanol–water partition coefficient (Wildman–Crippen LogP) is 5.10. The van der Waals surface area contributed by atoms with Crippen molar-refractivity contribution < 1.29 is 9.53 Å². The van der Waals surface area contributed by atoms with E-state index >= 15 is 0 Å². The fourth-order valence-electron chi connectivity index (χ4n) is 3.31. The third kappa shape index (κ3) is 2.23. The third-order valence-corrected chi connectivity index (χ3v) is 4.78. The van der Waals surface area contributed by atoms with E-state index in [1.165, 1.54) is 11.1 Å². The second-order valence-electron chi connectivity index (χ2n) is 6.41. The van der Waals surface area contributed by atoms with Crippen LogP contribution in [0.15, 0.2) is 72.8 Å². The molecule has 2 heteroatoms. The number of esters is 1. The van der Waals surface area contributed by atoms with E-state index in [1.54, 1.807) is 0 Å². The van der Waals surface area contributed by atoms with Crippen molar-refractivity contribution in [2.45, 2.75) is 19.4 Å². The zero-order valence-corrected chi connectivity index (χ0v) is 13.7. The lowest BCUT2D eigenvalue weighted by molar-refractivity contribution is 0.0180. The smallest absolute Gasteiger partial charge is 0.339 e. The molecule has 0 saturated carbocycles. The molecule has 4 rings (SSSR count). The van der Waals surface area contributed by atoms with Gasteiger partial charge in [-0.3, -0.25) is 0 Å². The van der Waals surface area contributed by atoms with Gasteiger partial charge in [-0.15, -0.1) is 0 Å². The van der Waals surface area contributed by atoms with E-state index in [0.717, 1.165) is 16.7 Å². The van der Waals surface area contributed by atoms with Gasteiger partial charge in [0, 0.05) is 5.56 Å². The van der Waals surface area contributed by atoms with E-state index in [4.69, 9.17) is 4.74 Å². The van der Waals surface area contributed by atoms with Crippen LogP contribution in [0.3, 0.4) is 0 Å². The predicted molar refractivity (Wildman–Crippen MR) is 94.9 cm³/mol. The highest BCUT2D eigenvalue weighted by Crippen LogP contribution is 2.41. The molecule has 1 heterocycles. The summed E-state index contributed by atoms with van der Waals surface area (Å²) in [5.74, 6) is -0.254. The van der Waals surface area contributed by atoms with Crippen molar-refractivity contribution in [1.29, 1.82) is 0 Å². The molecule has 24 heavy (non-hydrogen) atoms. The number of ether oxygens (including phenoxy) is 1. The van der Waals surface area contributed by atoms with E-state index < -0.39 is 5.60 Å². The lowest BCUT2D eigenvalue weighted by Crippen LogP contribution is -2.23. The second-order valence-corrected chi connectivity index (χ2v) is 6.41. The molecule has 3 aromatic carbocycles. The standard InChI is InChI=1S/C22H18O2/c1-15-7-9-16(10-8-15)17-11-13-18(14-12-17)22(2)20-6-4-3-5-19(20)21(23)24-22/h3-14H,1-2H3. The monoisotopic (exact) mass is 314 g/mol. The van der Waals surface area contributed by atoms with Crippen molar-refractivity contribution in [3.8, 4) is 11.1 Å². The zero-order valence-electron chi connectivity index (χ0n) is 13.7. The molecule has 0 fully saturated rings. The van der Waals surface area contributed by atoms with Gasteiger partial charge >= 0.3 is 5.97 Å². The summed E-state index contributed by atoms with van der Waals surface area (Å²) in [5, 5.41) is 0. The molecule has 2 nitrogen and oxygen atoms in total. The van der Waals surface area contributed by atoms with Crippen LogP contribution in [0.2, 0.25) is 0 Å². The first-order valence-corrected chi connectivity index (χ1v) is 8.08. The molecule has 0 bridgehead atoms. The van der Waals surface area contributed by atoms with Gasteiger partial charge in [-0.2, -0.15) is 0 Å². The molecule has 118 valence electrons. The molecular weight excluding hydrogens is 296 g/mol. The fourth-order valence-corrected chi connectivity index (χ4v) is 3.31. The van der Waals surface area contributed by atoms with Crippen LogP contribution in [0.25, 0.3) is 11.1 Å². The molecule has 0 saturated heterocycles. The minimum Gasteiger partial charge on any atom is -0.446 e. The van der Waals surface area contributed by atoms with Crippen molar-refractivity contribution in [1.82, 2.24) is 0 Å². The van der Waals surface area contributed by atoms with Crippen molar-refractivity contribution >= 4 is 5.97 Å². The highest BCUT2D eigenvalue weighted by atomic mass is 16.6. The zero-order chi connectivity index (χ0) is 16.7. The average molecular weight is 314 g/mol. The molecule has 0 aliphatic carbocycles. The van der Waals surface area contributed by atoms with Crippen LogP contribution in [0, 0.1) is 6.92 Å². The summed E-state index contributed by atoms with van der Waals surface area (Å²) >= 11 is 0. The first kappa shape index (κ1) is 14.7. The Morgan fingerprint density at radius 1 is 0.792 bits per heavy atom. The lowest BCUT2D eigenvalue weighted by atomic mass is 9.86. The summed E-state index contributed by atoms with van der Waals surface area (Å²) in [5.41, 5.74) is 5.43. The largest absolute Gasteiger partial charge is 0.446 e. The summed E-state index contributed by atoms with van der Waals surface area (Å²) in [4.78, 5) is 12.2. The summed E-state index contributed by atoms with van der Waals surface area (Å²) in [6.45, 7) is 4.04. The fraction of sp³-hybridized carbons (Fsp3) is 0.136. The topological polar surface area (TPSA) is 26.3 Å². The van der Waals surface area contributed by atoms with Gasteiger partial charge in [0.05, 0.1) is 5.56 Å². The Bertz CT molecular complexity index is 907. The van der Waals surface area contributed by atoms with E-state index in [1.807, 2.05) is 43.3 Å². The Hall–Kier alpha value is -2.87. The first-order valence-electron chi connectivity index (χ1n) is 8.08. The highest BCUT2D eigenvalue weighted by Gasteiger charge is 2.42. The third-order valence-electron chi connectivity index (χ3n) is 4.78. The van der Waals surface area contributed by atoms with Crippen molar-refractivity contribution in [3.05, 3.63) is 95.1 Å². The molecule has 0 radical (unpaired) electrons. The molecule has 1 aliphatic heterocycles. The number of carbonyl (C=O) groups is 1. The average Bonchev–Trinajstić information content (AvgIpc) is 2.88. The highest BCUT2D eigenvalue weighted by molar-refractivity contribution is 5.95. The Kier molecular flexibility index (Phi) is 3.27. The molecule has 1 aliphatic rings. The first-order chi connectivity index (χ1) is 11.6.